The highest BCUT2D eigenvalue weighted by atomic mass is 16.5. The number of ether oxygens (including phenoxy) is 2. The molecule has 0 aromatic heterocycles. The fourth-order valence-corrected chi connectivity index (χ4v) is 3.68. The molecule has 2 aromatic rings. The number of fused-ring (bicyclic) bond motifs is 1. The van der Waals surface area contributed by atoms with Crippen molar-refractivity contribution in [1.29, 1.82) is 0 Å². The molecule has 0 spiro atoms. The van der Waals surface area contributed by atoms with Gasteiger partial charge in [0, 0.05) is 5.92 Å². The molecule has 1 aliphatic carbocycles. The molecule has 0 saturated carbocycles. The van der Waals surface area contributed by atoms with Crippen LogP contribution in [0.5, 0.6) is 0 Å². The lowest BCUT2D eigenvalue weighted by Crippen LogP contribution is -2.41. The van der Waals surface area contributed by atoms with Gasteiger partial charge in [0.1, 0.15) is 0 Å². The number of hydrogen-bond donors (Lipinski definition) is 0. The molecule has 24 heavy (non-hydrogen) atoms. The number of rotatable bonds is 3. The van der Waals surface area contributed by atoms with E-state index >= 15 is 0 Å². The second kappa shape index (κ2) is 6.87. The van der Waals surface area contributed by atoms with E-state index in [4.69, 9.17) is 9.47 Å². The zero-order valence-corrected chi connectivity index (χ0v) is 13.8. The Balaban J connectivity index is 2.19. The Morgan fingerprint density at radius 3 is 2.17 bits per heavy atom. The molecule has 1 unspecified atom stereocenters. The molecule has 2 aromatic carbocycles. The molecule has 124 valence electrons. The minimum Gasteiger partial charge on any atom is -0.469 e. The van der Waals surface area contributed by atoms with Crippen molar-refractivity contribution in [2.24, 2.45) is 11.8 Å². The third kappa shape index (κ3) is 2.80. The topological polar surface area (TPSA) is 52.6 Å². The first-order chi connectivity index (χ1) is 11.7. The number of carbonyl (C=O) groups is 2. The van der Waals surface area contributed by atoms with Crippen molar-refractivity contribution in [3.05, 3.63) is 71.3 Å². The third-order valence-corrected chi connectivity index (χ3v) is 4.76. The highest BCUT2D eigenvalue weighted by Gasteiger charge is 2.46. The fraction of sp³-hybridized carbons (Fsp3) is 0.300. The molecule has 0 N–H and O–H groups in total. The van der Waals surface area contributed by atoms with E-state index in [0.717, 1.165) is 16.7 Å². The summed E-state index contributed by atoms with van der Waals surface area (Å²) in [4.78, 5) is 24.9. The predicted octanol–water partition coefficient (Wildman–Crippen LogP) is 2.95. The summed E-state index contributed by atoms with van der Waals surface area (Å²) < 4.78 is 10.0. The summed E-state index contributed by atoms with van der Waals surface area (Å²) in [5, 5.41) is 0. The Morgan fingerprint density at radius 1 is 0.875 bits per heavy atom. The first-order valence-corrected chi connectivity index (χ1v) is 7.95. The van der Waals surface area contributed by atoms with Gasteiger partial charge >= 0.3 is 11.9 Å². The highest BCUT2D eigenvalue weighted by molar-refractivity contribution is 5.84. The van der Waals surface area contributed by atoms with Crippen molar-refractivity contribution in [3.8, 4) is 0 Å². The van der Waals surface area contributed by atoms with Crippen molar-refractivity contribution >= 4 is 11.9 Å². The van der Waals surface area contributed by atoms with Crippen LogP contribution in [-0.4, -0.2) is 26.2 Å². The van der Waals surface area contributed by atoms with Crippen LogP contribution in [0.1, 0.15) is 22.6 Å². The van der Waals surface area contributed by atoms with Gasteiger partial charge in [-0.05, 0) is 23.1 Å². The molecule has 3 rings (SSSR count). The molecule has 0 radical (unpaired) electrons. The van der Waals surface area contributed by atoms with Crippen LogP contribution in [0.25, 0.3) is 0 Å². The Bertz CT molecular complexity index is 738. The molecular weight excluding hydrogens is 304 g/mol. The van der Waals surface area contributed by atoms with Crippen LogP contribution in [0.2, 0.25) is 0 Å². The maximum Gasteiger partial charge on any atom is 0.310 e. The fourth-order valence-electron chi connectivity index (χ4n) is 3.68. The molecule has 0 saturated heterocycles. The molecular formula is C20H20O4. The van der Waals surface area contributed by atoms with Crippen LogP contribution < -0.4 is 0 Å². The standard InChI is InChI=1S/C20H20O4/c1-23-19(21)16-12-14-10-6-7-11-15(14)17(18(16)20(22)24-2)13-8-4-3-5-9-13/h3-11,16-18H,12H2,1-2H3/t16-,17?,18-/m0/s1. The van der Waals surface area contributed by atoms with Crippen LogP contribution >= 0.6 is 0 Å². The zero-order valence-electron chi connectivity index (χ0n) is 13.8. The van der Waals surface area contributed by atoms with E-state index in [1.165, 1.54) is 14.2 Å². The SMILES string of the molecule is COC(=O)[C@H]1Cc2ccccc2C(c2ccccc2)[C@H]1C(=O)OC. The normalized spacial score (nSPS) is 22.3. The van der Waals surface area contributed by atoms with E-state index in [0.29, 0.717) is 6.42 Å². The largest absolute Gasteiger partial charge is 0.469 e. The van der Waals surface area contributed by atoms with Crippen LogP contribution in [0.4, 0.5) is 0 Å². The minimum atomic E-state index is -0.597. The van der Waals surface area contributed by atoms with Gasteiger partial charge < -0.3 is 9.47 Å². The van der Waals surface area contributed by atoms with Gasteiger partial charge in [0.25, 0.3) is 0 Å². The maximum atomic E-state index is 12.6. The van der Waals surface area contributed by atoms with E-state index < -0.39 is 11.8 Å². The van der Waals surface area contributed by atoms with Crippen molar-refractivity contribution in [1.82, 2.24) is 0 Å². The Hall–Kier alpha value is -2.62. The summed E-state index contributed by atoms with van der Waals surface area (Å²) in [7, 11) is 2.72. The summed E-state index contributed by atoms with van der Waals surface area (Å²) in [5.74, 6) is -2.13. The van der Waals surface area contributed by atoms with Gasteiger partial charge in [0.2, 0.25) is 0 Å². The monoisotopic (exact) mass is 324 g/mol. The van der Waals surface area contributed by atoms with E-state index in [2.05, 4.69) is 0 Å². The number of benzene rings is 2. The van der Waals surface area contributed by atoms with Crippen LogP contribution in [0, 0.1) is 11.8 Å². The van der Waals surface area contributed by atoms with Crippen LogP contribution in [-0.2, 0) is 25.5 Å². The molecule has 0 aliphatic heterocycles. The van der Waals surface area contributed by atoms with Gasteiger partial charge in [-0.3, -0.25) is 9.59 Å². The van der Waals surface area contributed by atoms with Gasteiger partial charge in [-0.1, -0.05) is 54.6 Å². The minimum absolute atomic E-state index is 0.229. The highest BCUT2D eigenvalue weighted by Crippen LogP contribution is 2.44. The summed E-state index contributed by atoms with van der Waals surface area (Å²) >= 11 is 0. The Kier molecular flexibility index (Phi) is 4.65. The van der Waals surface area contributed by atoms with Gasteiger partial charge in [-0.25, -0.2) is 0 Å². The summed E-state index contributed by atoms with van der Waals surface area (Å²) in [6.45, 7) is 0. The Labute approximate surface area is 141 Å². The molecule has 0 bridgehead atoms. The molecule has 1 aliphatic rings. The molecule has 4 nitrogen and oxygen atoms in total. The molecule has 0 amide bonds. The third-order valence-electron chi connectivity index (χ3n) is 4.76. The summed E-state index contributed by atoms with van der Waals surface area (Å²) in [6.07, 6.45) is 0.478. The number of hydrogen-bond acceptors (Lipinski definition) is 4. The molecule has 3 atom stereocenters. The lowest BCUT2D eigenvalue weighted by molar-refractivity contribution is -0.158. The van der Waals surface area contributed by atoms with Crippen molar-refractivity contribution in [2.45, 2.75) is 12.3 Å². The smallest absolute Gasteiger partial charge is 0.310 e. The Morgan fingerprint density at radius 2 is 1.50 bits per heavy atom. The number of esters is 2. The second-order valence-electron chi connectivity index (χ2n) is 5.97. The average molecular weight is 324 g/mol. The first kappa shape index (κ1) is 16.2. The van der Waals surface area contributed by atoms with Crippen molar-refractivity contribution in [3.63, 3.8) is 0 Å². The van der Waals surface area contributed by atoms with Gasteiger partial charge in [-0.2, -0.15) is 0 Å². The molecule has 0 heterocycles. The van der Waals surface area contributed by atoms with Crippen molar-refractivity contribution in [2.75, 3.05) is 14.2 Å². The lowest BCUT2D eigenvalue weighted by atomic mass is 9.66. The lowest BCUT2D eigenvalue weighted by Gasteiger charge is -2.37. The average Bonchev–Trinajstić information content (AvgIpc) is 2.65. The van der Waals surface area contributed by atoms with Crippen LogP contribution in [0.15, 0.2) is 54.6 Å². The quantitative estimate of drug-likeness (QED) is 0.815. The van der Waals surface area contributed by atoms with E-state index in [1.807, 2.05) is 54.6 Å². The van der Waals surface area contributed by atoms with Gasteiger partial charge in [-0.15, -0.1) is 0 Å². The van der Waals surface area contributed by atoms with E-state index in [1.54, 1.807) is 0 Å². The number of methoxy groups -OCH3 is 2. The van der Waals surface area contributed by atoms with E-state index in [-0.39, 0.29) is 17.9 Å². The zero-order chi connectivity index (χ0) is 17.1. The van der Waals surface area contributed by atoms with Crippen LogP contribution in [0.3, 0.4) is 0 Å². The van der Waals surface area contributed by atoms with Crippen molar-refractivity contribution < 1.29 is 19.1 Å². The van der Waals surface area contributed by atoms with Gasteiger partial charge in [0.05, 0.1) is 26.1 Å². The first-order valence-electron chi connectivity index (χ1n) is 7.95. The van der Waals surface area contributed by atoms with Gasteiger partial charge in [0.15, 0.2) is 0 Å². The number of carbonyl (C=O) groups excluding carboxylic acids is 2. The maximum absolute atomic E-state index is 12.6. The predicted molar refractivity (Wildman–Crippen MR) is 89.4 cm³/mol. The molecule has 4 heteroatoms. The second-order valence-corrected chi connectivity index (χ2v) is 5.97. The summed E-state index contributed by atoms with van der Waals surface area (Å²) in [5.41, 5.74) is 3.13. The van der Waals surface area contributed by atoms with E-state index in [9.17, 15) is 9.59 Å². The summed E-state index contributed by atoms with van der Waals surface area (Å²) in [6, 6.07) is 17.7. The molecule has 0 fully saturated rings.